The van der Waals surface area contributed by atoms with Gasteiger partial charge in [-0.1, -0.05) is 0 Å². The average molecular weight is 641 g/mol. The van der Waals surface area contributed by atoms with Gasteiger partial charge in [0, 0.05) is 36.7 Å². The van der Waals surface area contributed by atoms with Crippen molar-refractivity contribution in [3.8, 4) is 0 Å². The molecule has 0 saturated carbocycles. The average Bonchev–Trinajstić information content (AvgIpc) is 3.61. The summed E-state index contributed by atoms with van der Waals surface area (Å²) in [6, 6.07) is 19.0. The molecule has 0 bridgehead atoms. The number of hydrogen-bond acceptors (Lipinski definition) is 12. The first-order chi connectivity index (χ1) is 19.5. The minimum Gasteiger partial charge on any atom is -0.385 e. The molecule has 0 aliphatic carbocycles. The summed E-state index contributed by atoms with van der Waals surface area (Å²) in [4.78, 5) is 13.3. The van der Waals surface area contributed by atoms with Crippen LogP contribution in [0, 0.1) is 5.92 Å². The number of aromatic nitrogens is 3. The zero-order valence-corrected chi connectivity index (χ0v) is 26.6. The molecule has 6 rings (SSSR count). The molecule has 0 aliphatic rings. The highest BCUT2D eigenvalue weighted by molar-refractivity contribution is 7.83. The lowest BCUT2D eigenvalue weighted by molar-refractivity contribution is 0.452. The van der Waals surface area contributed by atoms with Crippen LogP contribution in [0.2, 0.25) is 0 Å². The lowest BCUT2D eigenvalue weighted by atomic mass is 9.97. The van der Waals surface area contributed by atoms with E-state index in [0.717, 1.165) is 99.6 Å². The summed E-state index contributed by atoms with van der Waals surface area (Å²) in [7, 11) is 0. The van der Waals surface area contributed by atoms with E-state index in [1.54, 1.807) is 34.0 Å². The Bertz CT molecular complexity index is 1550. The molecule has 3 aromatic carbocycles. The molecular formula is C28H28N6S6. The van der Waals surface area contributed by atoms with E-state index in [9.17, 15) is 0 Å². The van der Waals surface area contributed by atoms with Gasteiger partial charge < -0.3 is 16.0 Å². The third kappa shape index (κ3) is 6.97. The van der Waals surface area contributed by atoms with Crippen LogP contribution in [0.5, 0.6) is 0 Å². The van der Waals surface area contributed by atoms with Crippen molar-refractivity contribution in [2.75, 3.05) is 35.6 Å². The van der Waals surface area contributed by atoms with Gasteiger partial charge in [0.2, 0.25) is 0 Å². The molecule has 0 unspecified atom stereocenters. The van der Waals surface area contributed by atoms with Crippen molar-refractivity contribution in [1.29, 1.82) is 0 Å². The molecule has 6 nitrogen and oxygen atoms in total. The maximum absolute atomic E-state index is 4.44. The standard InChI is InChI=1S/C28H28N6S6/c35-26-32-20-4-1-17(13-23(20)38-26)29-10-7-16(8-11-30-18-2-5-21-24(14-18)39-27(36)33-21)9-12-31-19-3-6-22-25(15-19)40-28(37)34-22/h1-6,13-16,29-31H,7-12H2,(H,32,35)(H,33,36)(H,34,37). The zero-order valence-electron chi connectivity index (χ0n) is 21.4. The normalized spacial score (nSPS) is 11.7. The van der Waals surface area contributed by atoms with Crippen LogP contribution < -0.4 is 16.0 Å². The monoisotopic (exact) mass is 640 g/mol. The summed E-state index contributed by atoms with van der Waals surface area (Å²) < 4.78 is 5.87. The van der Waals surface area contributed by atoms with Crippen molar-refractivity contribution in [3.63, 3.8) is 0 Å². The Morgan fingerprint density at radius 3 is 1.18 bits per heavy atom. The van der Waals surface area contributed by atoms with E-state index >= 15 is 0 Å². The smallest absolute Gasteiger partial charge is 0.148 e. The summed E-state index contributed by atoms with van der Waals surface area (Å²) >= 11 is 18.0. The fraction of sp³-hybridized carbons (Fsp3) is 0.250. The van der Waals surface area contributed by atoms with E-state index in [0.29, 0.717) is 5.92 Å². The highest BCUT2D eigenvalue weighted by atomic mass is 32.2. The highest BCUT2D eigenvalue weighted by Crippen LogP contribution is 2.30. The minimum absolute atomic E-state index is 0.552. The van der Waals surface area contributed by atoms with Crippen LogP contribution in [0.15, 0.2) is 67.6 Å². The molecule has 0 amide bonds. The third-order valence-corrected chi connectivity index (χ3v) is 10.4. The topological polar surface area (TPSA) is 74.8 Å². The predicted molar refractivity (Wildman–Crippen MR) is 183 cm³/mol. The lowest BCUT2D eigenvalue weighted by Crippen LogP contribution is -2.17. The Morgan fingerprint density at radius 2 is 0.850 bits per heavy atom. The largest absolute Gasteiger partial charge is 0.385 e. The predicted octanol–water partition coefficient (Wildman–Crippen LogP) is 8.80. The molecule has 0 spiro atoms. The van der Waals surface area contributed by atoms with Gasteiger partial charge in [0.15, 0.2) is 0 Å². The van der Waals surface area contributed by atoms with Crippen molar-refractivity contribution in [2.45, 2.75) is 32.3 Å². The maximum atomic E-state index is 4.44. The van der Waals surface area contributed by atoms with Crippen LogP contribution in [0.3, 0.4) is 0 Å². The Labute approximate surface area is 261 Å². The number of thiazole rings is 3. The van der Waals surface area contributed by atoms with Crippen LogP contribution in [0.1, 0.15) is 19.3 Å². The molecular weight excluding hydrogens is 613 g/mol. The summed E-state index contributed by atoms with van der Waals surface area (Å²) in [6.07, 6.45) is 3.24. The van der Waals surface area contributed by atoms with Gasteiger partial charge in [0.1, 0.15) is 13.0 Å². The molecule has 0 aliphatic heterocycles. The Morgan fingerprint density at radius 1 is 0.525 bits per heavy atom. The van der Waals surface area contributed by atoms with Gasteiger partial charge in [0.05, 0.1) is 30.6 Å². The summed E-state index contributed by atoms with van der Waals surface area (Å²) in [5.74, 6) is 0.552. The highest BCUT2D eigenvalue weighted by Gasteiger charge is 2.11. The van der Waals surface area contributed by atoms with Crippen LogP contribution in [0.4, 0.5) is 17.1 Å². The van der Waals surface area contributed by atoms with E-state index in [2.05, 4.69) is 123 Å². The second kappa shape index (κ2) is 12.7. The quantitative estimate of drug-likeness (QED) is 0.0751. The molecule has 0 saturated heterocycles. The van der Waals surface area contributed by atoms with Crippen LogP contribution in [-0.4, -0.2) is 34.6 Å². The number of rotatable bonds is 12. The molecule has 3 heterocycles. The first-order valence-electron chi connectivity index (χ1n) is 13.0. The maximum Gasteiger partial charge on any atom is 0.148 e. The van der Waals surface area contributed by atoms with Crippen LogP contribution >= 0.6 is 71.9 Å². The number of anilines is 3. The summed E-state index contributed by atoms with van der Waals surface area (Å²) in [6.45, 7) is 2.74. The van der Waals surface area contributed by atoms with Gasteiger partial charge in [-0.15, -0.1) is 71.9 Å². The van der Waals surface area contributed by atoms with Gasteiger partial charge >= 0.3 is 0 Å². The van der Waals surface area contributed by atoms with Gasteiger partial charge in [-0.2, -0.15) is 0 Å². The van der Waals surface area contributed by atoms with Crippen molar-refractivity contribution in [2.24, 2.45) is 5.92 Å². The molecule has 3 aromatic heterocycles. The van der Waals surface area contributed by atoms with Crippen LogP contribution in [-0.2, 0) is 0 Å². The van der Waals surface area contributed by atoms with Gasteiger partial charge in [-0.25, -0.2) is 15.0 Å². The Balaban J connectivity index is 1.06. The van der Waals surface area contributed by atoms with Crippen molar-refractivity contribution < 1.29 is 0 Å². The molecule has 40 heavy (non-hydrogen) atoms. The Kier molecular flexibility index (Phi) is 8.90. The fourth-order valence-corrected chi connectivity index (χ4v) is 8.20. The molecule has 12 heteroatoms. The molecule has 0 fully saturated rings. The first kappa shape index (κ1) is 27.9. The minimum atomic E-state index is 0.552. The third-order valence-electron chi connectivity index (χ3n) is 6.78. The van der Waals surface area contributed by atoms with Gasteiger partial charge in [-0.3, -0.25) is 0 Å². The zero-order chi connectivity index (χ0) is 27.5. The Hall–Kier alpha value is -2.22. The number of nitrogens with one attached hydrogen (secondary N) is 3. The van der Waals surface area contributed by atoms with E-state index in [1.165, 1.54) is 0 Å². The number of nitrogens with zero attached hydrogens (tertiary/aromatic N) is 3. The second-order valence-corrected chi connectivity index (χ2v) is 14.8. The lowest BCUT2D eigenvalue weighted by Gasteiger charge is -2.19. The van der Waals surface area contributed by atoms with Crippen LogP contribution in [0.25, 0.3) is 30.6 Å². The number of fused-ring (bicyclic) bond motifs is 3. The van der Waals surface area contributed by atoms with Crippen molar-refractivity contribution in [3.05, 3.63) is 54.6 Å². The molecule has 0 atom stereocenters. The van der Waals surface area contributed by atoms with E-state index < -0.39 is 0 Å². The number of hydrogen-bond donors (Lipinski definition) is 6. The molecule has 206 valence electrons. The number of benzene rings is 3. The van der Waals surface area contributed by atoms with Crippen molar-refractivity contribution >= 4 is 120 Å². The number of thiol groups is 3. The molecule has 6 aromatic rings. The summed E-state index contributed by atoms with van der Waals surface area (Å²) in [5.41, 5.74) is 6.38. The SMILES string of the molecule is Sc1nc2ccc(NCCC(CCNc3ccc4nc(S)sc4c3)CCNc3ccc4nc(S)sc4c3)cc2s1. The molecule has 3 N–H and O–H groups in total. The van der Waals surface area contributed by atoms with Gasteiger partial charge in [0.25, 0.3) is 0 Å². The van der Waals surface area contributed by atoms with E-state index in [1.807, 2.05) is 0 Å². The van der Waals surface area contributed by atoms with E-state index in [-0.39, 0.29) is 0 Å². The fourth-order valence-electron chi connectivity index (χ4n) is 4.76. The second-order valence-electron chi connectivity index (χ2n) is 9.55. The van der Waals surface area contributed by atoms with Crippen molar-refractivity contribution in [1.82, 2.24) is 15.0 Å². The van der Waals surface area contributed by atoms with E-state index in [4.69, 9.17) is 0 Å². The summed E-state index contributed by atoms with van der Waals surface area (Å²) in [5, 5.41) is 10.9. The first-order valence-corrected chi connectivity index (χ1v) is 16.8. The van der Waals surface area contributed by atoms with Gasteiger partial charge in [-0.05, 0) is 79.8 Å². The molecule has 0 radical (unpaired) electrons.